The predicted molar refractivity (Wildman–Crippen MR) is 104 cm³/mol. The predicted octanol–water partition coefficient (Wildman–Crippen LogP) is 3.92. The summed E-state index contributed by atoms with van der Waals surface area (Å²) < 4.78 is 2.25. The Morgan fingerprint density at radius 3 is 2.29 bits per heavy atom. The molecule has 0 radical (unpaired) electrons. The first-order valence-electron chi connectivity index (χ1n) is 11.1. The van der Waals surface area contributed by atoms with Gasteiger partial charge in [-0.2, -0.15) is 5.10 Å². The van der Waals surface area contributed by atoms with Gasteiger partial charge in [-0.3, -0.25) is 14.3 Å². The van der Waals surface area contributed by atoms with Crippen molar-refractivity contribution in [2.24, 2.45) is 10.8 Å². The van der Waals surface area contributed by atoms with E-state index in [9.17, 15) is 14.7 Å². The Balaban J connectivity index is 1.32. The molecule has 0 aliphatic heterocycles. The van der Waals surface area contributed by atoms with Crippen molar-refractivity contribution in [3.8, 4) is 0 Å². The average Bonchev–Trinajstić information content (AvgIpc) is 3.39. The van der Waals surface area contributed by atoms with Crippen molar-refractivity contribution in [2.45, 2.75) is 95.6 Å². The Morgan fingerprint density at radius 2 is 1.64 bits per heavy atom. The number of nitrogens with one attached hydrogen (secondary N) is 1. The van der Waals surface area contributed by atoms with Crippen LogP contribution < -0.4 is 5.32 Å². The van der Waals surface area contributed by atoms with Crippen LogP contribution in [0.1, 0.15) is 100 Å². The van der Waals surface area contributed by atoms with Crippen molar-refractivity contribution in [3.05, 3.63) is 17.5 Å². The van der Waals surface area contributed by atoms with E-state index in [1.54, 1.807) is 0 Å². The smallest absolute Gasteiger partial charge is 0.309 e. The number of carboxylic acids is 1. The van der Waals surface area contributed by atoms with Gasteiger partial charge in [-0.15, -0.1) is 0 Å². The van der Waals surface area contributed by atoms with Gasteiger partial charge in [0.1, 0.15) is 0 Å². The number of nitrogens with zero attached hydrogens (tertiary/aromatic N) is 2. The maximum Gasteiger partial charge on any atom is 0.309 e. The summed E-state index contributed by atoms with van der Waals surface area (Å²) >= 11 is 0. The molecule has 5 aliphatic carbocycles. The minimum absolute atomic E-state index is 0.0638. The van der Waals surface area contributed by atoms with Crippen LogP contribution in [-0.4, -0.2) is 26.8 Å². The summed E-state index contributed by atoms with van der Waals surface area (Å²) in [5, 5.41) is 17.7. The maximum absolute atomic E-state index is 13.3. The molecule has 6 heteroatoms. The van der Waals surface area contributed by atoms with Crippen molar-refractivity contribution in [1.29, 1.82) is 0 Å². The van der Waals surface area contributed by atoms with Gasteiger partial charge in [-0.25, -0.2) is 0 Å². The second kappa shape index (κ2) is 6.60. The van der Waals surface area contributed by atoms with Gasteiger partial charge in [0, 0.05) is 16.7 Å². The number of carbonyl (C=O) groups excluding carboxylic acids is 1. The molecular weight excluding hydrogens is 354 g/mol. The van der Waals surface area contributed by atoms with E-state index < -0.39 is 11.4 Å². The highest BCUT2D eigenvalue weighted by Crippen LogP contribution is 2.57. The summed E-state index contributed by atoms with van der Waals surface area (Å²) in [4.78, 5) is 25.0. The first-order valence-corrected chi connectivity index (χ1v) is 11.1. The van der Waals surface area contributed by atoms with Crippen LogP contribution >= 0.6 is 0 Å². The third-order valence-electron chi connectivity index (χ3n) is 8.37. The van der Waals surface area contributed by atoms with Crippen molar-refractivity contribution >= 4 is 11.9 Å². The monoisotopic (exact) mass is 385 g/mol. The number of carbonyl (C=O) groups is 2. The van der Waals surface area contributed by atoms with Crippen LogP contribution in [0, 0.1) is 10.8 Å². The van der Waals surface area contributed by atoms with Crippen molar-refractivity contribution in [2.75, 3.05) is 0 Å². The highest BCUT2D eigenvalue weighted by atomic mass is 16.4. The number of rotatable bonds is 4. The van der Waals surface area contributed by atoms with Crippen LogP contribution in [0.2, 0.25) is 0 Å². The number of amides is 1. The number of aliphatic carboxylic acids is 1. The van der Waals surface area contributed by atoms with Crippen molar-refractivity contribution in [1.82, 2.24) is 15.1 Å². The average molecular weight is 386 g/mol. The molecule has 28 heavy (non-hydrogen) atoms. The van der Waals surface area contributed by atoms with Gasteiger partial charge in [0.25, 0.3) is 0 Å². The molecule has 4 saturated carbocycles. The highest BCUT2D eigenvalue weighted by molar-refractivity contribution is 5.85. The Morgan fingerprint density at radius 1 is 1.00 bits per heavy atom. The van der Waals surface area contributed by atoms with E-state index in [0.29, 0.717) is 44.6 Å². The summed E-state index contributed by atoms with van der Waals surface area (Å²) in [6.45, 7) is 0. The van der Waals surface area contributed by atoms with E-state index in [1.165, 1.54) is 36.9 Å². The Labute approximate surface area is 166 Å². The zero-order chi connectivity index (χ0) is 19.4. The molecule has 1 aromatic rings. The number of hydrogen-bond donors (Lipinski definition) is 2. The van der Waals surface area contributed by atoms with Gasteiger partial charge < -0.3 is 10.4 Å². The lowest BCUT2D eigenvalue weighted by molar-refractivity contribution is -0.163. The third kappa shape index (κ3) is 2.71. The van der Waals surface area contributed by atoms with E-state index in [1.807, 2.05) is 6.20 Å². The number of hydrogen-bond acceptors (Lipinski definition) is 3. The quantitative estimate of drug-likeness (QED) is 0.823. The summed E-state index contributed by atoms with van der Waals surface area (Å²) in [7, 11) is 0. The van der Waals surface area contributed by atoms with Crippen LogP contribution in [0.4, 0.5) is 0 Å². The molecule has 2 bridgehead atoms. The summed E-state index contributed by atoms with van der Waals surface area (Å²) in [5.74, 6) is -0.518. The van der Waals surface area contributed by atoms with Gasteiger partial charge >= 0.3 is 5.97 Å². The minimum atomic E-state index is -0.669. The minimum Gasteiger partial charge on any atom is -0.481 e. The first kappa shape index (κ1) is 18.2. The molecule has 1 amide bonds. The number of aromatic nitrogens is 2. The van der Waals surface area contributed by atoms with Crippen LogP contribution in [0.25, 0.3) is 0 Å². The van der Waals surface area contributed by atoms with Crippen LogP contribution in [0.3, 0.4) is 0 Å². The van der Waals surface area contributed by atoms with E-state index in [4.69, 9.17) is 5.10 Å². The van der Waals surface area contributed by atoms with Crippen molar-refractivity contribution in [3.63, 3.8) is 0 Å². The molecule has 6 rings (SSSR count). The standard InChI is InChI=1S/C22H31N3O3/c26-19(21-8-11-22(12-9-21,13-10-21)20(27)28)24-17-6-3-7-18-16(17)14-23-25(18)15-4-1-2-5-15/h14-15,17H,1-13H2,(H,24,26)(H,27,28). The first-order chi connectivity index (χ1) is 13.5. The molecule has 4 fully saturated rings. The normalized spacial score (nSPS) is 34.9. The molecule has 1 heterocycles. The largest absolute Gasteiger partial charge is 0.481 e. The van der Waals surface area contributed by atoms with Gasteiger partial charge in [0.15, 0.2) is 0 Å². The summed E-state index contributed by atoms with van der Waals surface area (Å²) in [6, 6.07) is 0.603. The van der Waals surface area contributed by atoms with E-state index in [-0.39, 0.29) is 17.4 Å². The van der Waals surface area contributed by atoms with Crippen molar-refractivity contribution < 1.29 is 14.7 Å². The lowest BCUT2D eigenvalue weighted by atomic mass is 9.53. The van der Waals surface area contributed by atoms with Gasteiger partial charge in [-0.1, -0.05) is 12.8 Å². The summed E-state index contributed by atoms with van der Waals surface area (Å²) in [5.41, 5.74) is 1.63. The van der Waals surface area contributed by atoms with Crippen LogP contribution in [-0.2, 0) is 16.0 Å². The topological polar surface area (TPSA) is 84.2 Å². The highest BCUT2D eigenvalue weighted by Gasteiger charge is 2.55. The molecule has 0 saturated heterocycles. The van der Waals surface area contributed by atoms with Crippen LogP contribution in [0.15, 0.2) is 6.20 Å². The molecule has 0 aromatic carbocycles. The van der Waals surface area contributed by atoms with E-state index >= 15 is 0 Å². The van der Waals surface area contributed by atoms with E-state index in [0.717, 1.165) is 19.3 Å². The third-order valence-corrected chi connectivity index (χ3v) is 8.37. The maximum atomic E-state index is 13.3. The van der Waals surface area contributed by atoms with Crippen LogP contribution in [0.5, 0.6) is 0 Å². The molecule has 0 spiro atoms. The SMILES string of the molecule is O=C(O)C12CCC(C(=O)NC3CCCc4c3cnn4C3CCCC3)(CC1)CC2. The fourth-order valence-corrected chi connectivity index (χ4v) is 6.35. The molecule has 6 nitrogen and oxygen atoms in total. The van der Waals surface area contributed by atoms with Gasteiger partial charge in [0.2, 0.25) is 5.91 Å². The molecule has 1 aromatic heterocycles. The molecule has 1 unspecified atom stereocenters. The second-order valence-corrected chi connectivity index (χ2v) is 9.71. The Kier molecular flexibility index (Phi) is 4.29. The fraction of sp³-hybridized carbons (Fsp3) is 0.773. The fourth-order valence-electron chi connectivity index (χ4n) is 6.35. The number of carboxylic acid groups (broad SMARTS) is 1. The Bertz CT molecular complexity index is 768. The zero-order valence-corrected chi connectivity index (χ0v) is 16.6. The molecule has 2 N–H and O–H groups in total. The molecule has 152 valence electrons. The Hall–Kier alpha value is -1.85. The lowest BCUT2D eigenvalue weighted by Crippen LogP contribution is -2.53. The second-order valence-electron chi connectivity index (χ2n) is 9.71. The molecule has 5 aliphatic rings. The lowest BCUT2D eigenvalue weighted by Gasteiger charge is -2.50. The van der Waals surface area contributed by atoms with Gasteiger partial charge in [0.05, 0.1) is 23.7 Å². The molecule has 1 atom stereocenters. The van der Waals surface area contributed by atoms with Gasteiger partial charge in [-0.05, 0) is 70.6 Å². The zero-order valence-electron chi connectivity index (χ0n) is 16.6. The van der Waals surface area contributed by atoms with E-state index in [2.05, 4.69) is 10.00 Å². The molecular formula is C22H31N3O3. The number of fused-ring (bicyclic) bond motifs is 4. The summed E-state index contributed by atoms with van der Waals surface area (Å²) in [6.07, 6.45) is 14.2.